The summed E-state index contributed by atoms with van der Waals surface area (Å²) in [6, 6.07) is 15.8. The topological polar surface area (TPSA) is 115 Å². The summed E-state index contributed by atoms with van der Waals surface area (Å²) in [5.74, 6) is -1.89. The number of carbonyl (C=O) groups is 4. The molecule has 1 fully saturated rings. The van der Waals surface area contributed by atoms with Crippen LogP contribution >= 0.6 is 24.0 Å². The third-order valence-corrected chi connectivity index (χ3v) is 8.43. The van der Waals surface area contributed by atoms with Gasteiger partial charge in [-0.25, -0.2) is 0 Å². The van der Waals surface area contributed by atoms with Crippen LogP contribution in [-0.2, 0) is 25.7 Å². The Morgan fingerprint density at radius 2 is 1.38 bits per heavy atom. The normalized spacial score (nSPS) is 16.0. The van der Waals surface area contributed by atoms with Gasteiger partial charge in [0, 0.05) is 25.5 Å². The van der Waals surface area contributed by atoms with Crippen LogP contribution in [-0.4, -0.2) is 49.7 Å². The Kier molecular flexibility index (Phi) is 12.7. The van der Waals surface area contributed by atoms with E-state index in [9.17, 15) is 14.4 Å². The summed E-state index contributed by atoms with van der Waals surface area (Å²) in [5.41, 5.74) is 4.26. The molecule has 2 heterocycles. The van der Waals surface area contributed by atoms with E-state index in [-0.39, 0.29) is 18.2 Å². The number of thioether (sulfide) groups is 1. The summed E-state index contributed by atoms with van der Waals surface area (Å²) in [6.45, 7) is 4.12. The number of unbranched alkanes of at least 4 members (excludes halogenated alkanes) is 7. The lowest BCUT2D eigenvalue weighted by atomic mass is 10.1. The Morgan fingerprint density at radius 3 is 2.00 bits per heavy atom. The number of carboxylic acids is 2. The first-order valence-electron chi connectivity index (χ1n) is 14.3. The molecule has 0 aliphatic carbocycles. The molecule has 2 N–H and O–H groups in total. The number of benzene rings is 2. The molecule has 0 unspecified atom stereocenters. The van der Waals surface area contributed by atoms with E-state index in [1.807, 2.05) is 55.5 Å². The van der Waals surface area contributed by atoms with Crippen molar-refractivity contribution in [3.05, 3.63) is 70.1 Å². The Hall–Kier alpha value is -3.50. The minimum absolute atomic E-state index is 0.157. The maximum atomic E-state index is 13.7. The standard InChI is InChI=1S/C30H34N2O4S2.C2H4O2/c1-21-15-17-22(18-16-21)20-32-24-13-10-9-12-23(24)26(28(32)35)27-29(36)31(30(37)38-27)19-11-7-5-3-2-4-6-8-14-25(33)34;1-2(3)4/h9-10,12-13,15-18H,2-8,11,14,19-20H2,1H3,(H,33,34);1H3,(H,3,4)/b27-26+;. The van der Waals surface area contributed by atoms with Crippen LogP contribution < -0.4 is 4.90 Å². The fraction of sp³-hybridized carbons (Fsp3) is 0.406. The molecule has 2 aliphatic heterocycles. The van der Waals surface area contributed by atoms with Crippen LogP contribution in [0.3, 0.4) is 0 Å². The predicted octanol–water partition coefficient (Wildman–Crippen LogP) is 6.80. The molecule has 0 aromatic heterocycles. The van der Waals surface area contributed by atoms with Gasteiger partial charge in [0.25, 0.3) is 17.8 Å². The minimum Gasteiger partial charge on any atom is -0.481 e. The fourth-order valence-corrected chi connectivity index (χ4v) is 6.26. The lowest BCUT2D eigenvalue weighted by Crippen LogP contribution is -2.30. The van der Waals surface area contributed by atoms with Crippen LogP contribution in [0.2, 0.25) is 0 Å². The second-order valence-electron chi connectivity index (χ2n) is 10.4. The van der Waals surface area contributed by atoms with Gasteiger partial charge in [-0.15, -0.1) is 0 Å². The van der Waals surface area contributed by atoms with Crippen LogP contribution in [0.4, 0.5) is 5.69 Å². The van der Waals surface area contributed by atoms with Crippen molar-refractivity contribution in [2.24, 2.45) is 0 Å². The molecular formula is C32H38N2O6S2. The number of hydrogen-bond donors (Lipinski definition) is 2. The van der Waals surface area contributed by atoms with Gasteiger partial charge in [0.2, 0.25) is 0 Å². The molecule has 224 valence electrons. The monoisotopic (exact) mass is 610 g/mol. The van der Waals surface area contributed by atoms with Gasteiger partial charge >= 0.3 is 5.97 Å². The lowest BCUT2D eigenvalue weighted by molar-refractivity contribution is -0.137. The number of rotatable bonds is 13. The number of anilines is 1. The molecule has 2 aromatic rings. The molecule has 0 atom stereocenters. The quantitative estimate of drug-likeness (QED) is 0.145. The molecular weight excluding hydrogens is 572 g/mol. The van der Waals surface area contributed by atoms with Crippen LogP contribution in [0.5, 0.6) is 0 Å². The van der Waals surface area contributed by atoms with E-state index in [0.29, 0.717) is 27.9 Å². The van der Waals surface area contributed by atoms with Crippen molar-refractivity contribution in [3.8, 4) is 0 Å². The highest BCUT2D eigenvalue weighted by Gasteiger charge is 2.41. The second kappa shape index (κ2) is 16.2. The number of para-hydroxylation sites is 1. The molecule has 2 aromatic carbocycles. The van der Waals surface area contributed by atoms with Gasteiger partial charge in [0.05, 0.1) is 22.7 Å². The minimum atomic E-state index is -0.833. The van der Waals surface area contributed by atoms with Gasteiger partial charge in [-0.2, -0.15) is 0 Å². The molecule has 8 nitrogen and oxygen atoms in total. The predicted molar refractivity (Wildman–Crippen MR) is 170 cm³/mol. The summed E-state index contributed by atoms with van der Waals surface area (Å²) in [6.07, 6.45) is 8.17. The number of fused-ring (bicyclic) bond motifs is 1. The van der Waals surface area contributed by atoms with Crippen LogP contribution in [0.1, 0.15) is 81.4 Å². The smallest absolute Gasteiger partial charge is 0.303 e. The lowest BCUT2D eigenvalue weighted by Gasteiger charge is -2.17. The van der Waals surface area contributed by atoms with E-state index in [2.05, 4.69) is 0 Å². The van der Waals surface area contributed by atoms with Gasteiger partial charge in [-0.05, 0) is 31.4 Å². The van der Waals surface area contributed by atoms with E-state index >= 15 is 0 Å². The fourth-order valence-electron chi connectivity index (χ4n) is 4.88. The van der Waals surface area contributed by atoms with Gasteiger partial charge in [0.15, 0.2) is 0 Å². The first-order chi connectivity index (χ1) is 20.1. The van der Waals surface area contributed by atoms with Crippen molar-refractivity contribution in [2.75, 3.05) is 11.4 Å². The molecule has 2 amide bonds. The van der Waals surface area contributed by atoms with E-state index in [4.69, 9.17) is 27.2 Å². The SMILES string of the molecule is CC(=O)O.Cc1ccc(CN2C(=O)/C(=C3/SC(=S)N(CCCCCCCCCCC(=O)O)C3=O)c3ccccc32)cc1. The number of aryl methyl sites for hydroxylation is 1. The molecule has 0 spiro atoms. The highest BCUT2D eigenvalue weighted by atomic mass is 32.2. The van der Waals surface area contributed by atoms with Crippen LogP contribution in [0, 0.1) is 6.92 Å². The number of carboxylic acid groups (broad SMARTS) is 2. The molecule has 1 saturated heterocycles. The zero-order chi connectivity index (χ0) is 30.6. The Labute approximate surface area is 256 Å². The zero-order valence-electron chi connectivity index (χ0n) is 24.1. The molecule has 2 aliphatic rings. The third-order valence-electron chi connectivity index (χ3n) is 6.98. The van der Waals surface area contributed by atoms with Crippen molar-refractivity contribution in [1.82, 2.24) is 4.90 Å². The molecule has 0 saturated carbocycles. The number of thiocarbonyl (C=S) groups is 1. The van der Waals surface area contributed by atoms with E-state index in [1.165, 1.54) is 17.3 Å². The van der Waals surface area contributed by atoms with E-state index in [1.54, 1.807) is 9.80 Å². The summed E-state index contributed by atoms with van der Waals surface area (Å²) in [5, 5.41) is 16.1. The van der Waals surface area contributed by atoms with Crippen molar-refractivity contribution < 1.29 is 29.4 Å². The third kappa shape index (κ3) is 9.25. The highest BCUT2D eigenvalue weighted by molar-refractivity contribution is 8.26. The Bertz CT molecular complexity index is 1330. The summed E-state index contributed by atoms with van der Waals surface area (Å²) < 4.78 is 0.512. The van der Waals surface area contributed by atoms with Gasteiger partial charge in [-0.3, -0.25) is 24.1 Å². The highest BCUT2D eigenvalue weighted by Crippen LogP contribution is 2.45. The first-order valence-corrected chi connectivity index (χ1v) is 15.5. The summed E-state index contributed by atoms with van der Waals surface area (Å²) in [4.78, 5) is 50.5. The number of amides is 2. The number of hydrogen-bond acceptors (Lipinski definition) is 6. The molecule has 4 rings (SSSR count). The average Bonchev–Trinajstić information content (AvgIpc) is 3.37. The van der Waals surface area contributed by atoms with Crippen molar-refractivity contribution >= 4 is 63.3 Å². The Morgan fingerprint density at radius 1 is 0.810 bits per heavy atom. The molecule has 10 heteroatoms. The number of aliphatic carboxylic acids is 2. The van der Waals surface area contributed by atoms with Gasteiger partial charge < -0.3 is 15.1 Å². The van der Waals surface area contributed by atoms with E-state index < -0.39 is 11.9 Å². The van der Waals surface area contributed by atoms with E-state index in [0.717, 1.165) is 75.1 Å². The maximum absolute atomic E-state index is 13.7. The number of carbonyl (C=O) groups excluding carboxylic acids is 2. The van der Waals surface area contributed by atoms with Crippen molar-refractivity contribution in [2.45, 2.75) is 78.2 Å². The summed E-state index contributed by atoms with van der Waals surface area (Å²) in [7, 11) is 0. The maximum Gasteiger partial charge on any atom is 0.303 e. The number of nitrogens with zero attached hydrogens (tertiary/aromatic N) is 2. The molecule has 42 heavy (non-hydrogen) atoms. The van der Waals surface area contributed by atoms with Crippen LogP contribution in [0.25, 0.3) is 5.57 Å². The summed E-state index contributed by atoms with van der Waals surface area (Å²) >= 11 is 6.80. The first kappa shape index (κ1) is 33.0. The van der Waals surface area contributed by atoms with Crippen LogP contribution in [0.15, 0.2) is 53.4 Å². The second-order valence-corrected chi connectivity index (χ2v) is 12.1. The zero-order valence-corrected chi connectivity index (χ0v) is 25.8. The van der Waals surface area contributed by atoms with Gasteiger partial charge in [0.1, 0.15) is 4.32 Å². The average molecular weight is 611 g/mol. The van der Waals surface area contributed by atoms with Crippen molar-refractivity contribution in [1.29, 1.82) is 0 Å². The Balaban J connectivity index is 0.00000114. The largest absolute Gasteiger partial charge is 0.481 e. The van der Waals surface area contributed by atoms with Crippen molar-refractivity contribution in [3.63, 3.8) is 0 Å². The van der Waals surface area contributed by atoms with Gasteiger partial charge in [-0.1, -0.05) is 111 Å². The molecule has 0 radical (unpaired) electrons. The molecule has 0 bridgehead atoms.